The van der Waals surface area contributed by atoms with Crippen molar-refractivity contribution in [2.75, 3.05) is 24.5 Å². The molecule has 2 aromatic rings. The zero-order chi connectivity index (χ0) is 18.1. The third kappa shape index (κ3) is 3.02. The van der Waals surface area contributed by atoms with Crippen LogP contribution < -0.4 is 4.90 Å². The lowest BCUT2D eigenvalue weighted by atomic mass is 9.89. The van der Waals surface area contributed by atoms with Crippen LogP contribution in [0.15, 0.2) is 47.3 Å². The summed E-state index contributed by atoms with van der Waals surface area (Å²) in [4.78, 5) is 29.6. The first kappa shape index (κ1) is 16.9. The molecule has 136 valence electrons. The second-order valence-electron chi connectivity index (χ2n) is 7.34. The van der Waals surface area contributed by atoms with Crippen molar-refractivity contribution in [3.05, 3.63) is 54.0 Å². The van der Waals surface area contributed by atoms with Gasteiger partial charge in [0.05, 0.1) is 17.7 Å². The van der Waals surface area contributed by atoms with Crippen LogP contribution in [0.2, 0.25) is 0 Å². The van der Waals surface area contributed by atoms with Gasteiger partial charge < -0.3 is 14.2 Å². The smallest absolute Gasteiger partial charge is 0.257 e. The number of hydrogen-bond acceptors (Lipinski definition) is 3. The minimum atomic E-state index is -0.138. The van der Waals surface area contributed by atoms with Crippen LogP contribution in [0, 0.1) is 5.92 Å². The molecule has 1 fully saturated rings. The number of piperidine rings is 1. The highest BCUT2D eigenvalue weighted by Gasteiger charge is 2.34. The fourth-order valence-electron chi connectivity index (χ4n) is 4.13. The summed E-state index contributed by atoms with van der Waals surface area (Å²) in [7, 11) is 0. The third-order valence-electron chi connectivity index (χ3n) is 5.64. The zero-order valence-corrected chi connectivity index (χ0v) is 15.1. The summed E-state index contributed by atoms with van der Waals surface area (Å²) in [5, 5.41) is 0. The Kier molecular flexibility index (Phi) is 4.53. The number of para-hydroxylation sites is 1. The largest absolute Gasteiger partial charge is 0.472 e. The number of benzene rings is 1. The maximum atomic E-state index is 13.2. The summed E-state index contributed by atoms with van der Waals surface area (Å²) in [6, 6.07) is 9.87. The summed E-state index contributed by atoms with van der Waals surface area (Å²) in [6.45, 7) is 4.15. The van der Waals surface area contributed by atoms with Gasteiger partial charge >= 0.3 is 0 Å². The molecule has 2 atom stereocenters. The zero-order valence-electron chi connectivity index (χ0n) is 15.1. The van der Waals surface area contributed by atoms with Crippen molar-refractivity contribution in [3.63, 3.8) is 0 Å². The Labute approximate surface area is 153 Å². The summed E-state index contributed by atoms with van der Waals surface area (Å²) in [5.74, 6) is 0.430. The maximum Gasteiger partial charge on any atom is 0.257 e. The average molecular weight is 352 g/mol. The molecule has 0 radical (unpaired) electrons. The number of carbonyl (C=O) groups is 2. The van der Waals surface area contributed by atoms with E-state index in [9.17, 15) is 9.59 Å². The quantitative estimate of drug-likeness (QED) is 0.829. The lowest BCUT2D eigenvalue weighted by Gasteiger charge is -2.38. The topological polar surface area (TPSA) is 53.8 Å². The van der Waals surface area contributed by atoms with E-state index in [2.05, 4.69) is 13.0 Å². The number of amides is 2. The van der Waals surface area contributed by atoms with Crippen molar-refractivity contribution in [2.24, 2.45) is 5.92 Å². The lowest BCUT2D eigenvalue weighted by molar-refractivity contribution is -0.123. The van der Waals surface area contributed by atoms with Gasteiger partial charge in [0, 0.05) is 25.3 Å². The molecule has 0 spiro atoms. The number of anilines is 1. The molecule has 0 saturated carbocycles. The maximum absolute atomic E-state index is 13.2. The van der Waals surface area contributed by atoms with Gasteiger partial charge in [0.2, 0.25) is 5.91 Å². The van der Waals surface area contributed by atoms with E-state index in [1.807, 2.05) is 23.1 Å². The molecule has 3 heterocycles. The van der Waals surface area contributed by atoms with Crippen LogP contribution in [-0.4, -0.2) is 36.3 Å². The third-order valence-corrected chi connectivity index (χ3v) is 5.64. The molecule has 2 aliphatic heterocycles. The summed E-state index contributed by atoms with van der Waals surface area (Å²) in [5.41, 5.74) is 2.83. The van der Waals surface area contributed by atoms with Crippen molar-refractivity contribution in [1.82, 2.24) is 4.90 Å². The van der Waals surface area contributed by atoms with Gasteiger partial charge in [-0.25, -0.2) is 0 Å². The monoisotopic (exact) mass is 352 g/mol. The first-order valence-electron chi connectivity index (χ1n) is 9.37. The van der Waals surface area contributed by atoms with E-state index in [4.69, 9.17) is 4.42 Å². The SMILES string of the molecule is C[C@H]1CCN(C(=O)[C@@H]2CCCN(C(=O)c3ccoc3)C2)c2ccccc21. The van der Waals surface area contributed by atoms with Crippen LogP contribution in [0.3, 0.4) is 0 Å². The van der Waals surface area contributed by atoms with Crippen LogP contribution >= 0.6 is 0 Å². The molecule has 26 heavy (non-hydrogen) atoms. The van der Waals surface area contributed by atoms with Gasteiger partial charge in [-0.3, -0.25) is 9.59 Å². The lowest BCUT2D eigenvalue weighted by Crippen LogP contribution is -2.48. The molecular formula is C21H24N2O3. The average Bonchev–Trinajstić information content (AvgIpc) is 3.22. The number of hydrogen-bond donors (Lipinski definition) is 0. The van der Waals surface area contributed by atoms with Gasteiger partial charge in [-0.2, -0.15) is 0 Å². The first-order valence-corrected chi connectivity index (χ1v) is 9.37. The fraction of sp³-hybridized carbons (Fsp3) is 0.429. The van der Waals surface area contributed by atoms with E-state index in [-0.39, 0.29) is 17.7 Å². The van der Waals surface area contributed by atoms with Crippen molar-refractivity contribution in [1.29, 1.82) is 0 Å². The van der Waals surface area contributed by atoms with E-state index < -0.39 is 0 Å². The van der Waals surface area contributed by atoms with Crippen molar-refractivity contribution in [2.45, 2.75) is 32.1 Å². The van der Waals surface area contributed by atoms with Gasteiger partial charge in [0.25, 0.3) is 5.91 Å². The molecular weight excluding hydrogens is 328 g/mol. The van der Waals surface area contributed by atoms with Gasteiger partial charge in [-0.05, 0) is 42.9 Å². The standard InChI is InChI=1S/C21H24N2O3/c1-15-8-11-23(19-7-3-2-6-18(15)19)21(25)16-5-4-10-22(13-16)20(24)17-9-12-26-14-17/h2-3,6-7,9,12,14-16H,4-5,8,10-11,13H2,1H3/t15-,16+/m0/s1. The van der Waals surface area contributed by atoms with E-state index in [1.165, 1.54) is 18.1 Å². The Balaban J connectivity index is 1.52. The van der Waals surface area contributed by atoms with Gasteiger partial charge in [0.15, 0.2) is 0 Å². The molecule has 0 N–H and O–H groups in total. The first-order chi connectivity index (χ1) is 12.6. The highest BCUT2D eigenvalue weighted by atomic mass is 16.3. The van der Waals surface area contributed by atoms with Gasteiger partial charge in [-0.15, -0.1) is 0 Å². The minimum absolute atomic E-state index is 0.0519. The van der Waals surface area contributed by atoms with Crippen LogP contribution in [0.1, 0.15) is 48.0 Å². The second-order valence-corrected chi connectivity index (χ2v) is 7.34. The van der Waals surface area contributed by atoms with E-state index in [0.717, 1.165) is 31.5 Å². The highest BCUT2D eigenvalue weighted by molar-refractivity contribution is 5.98. The number of furan rings is 1. The van der Waals surface area contributed by atoms with Crippen LogP contribution in [0.25, 0.3) is 0 Å². The normalized spacial score (nSPS) is 22.8. The number of fused-ring (bicyclic) bond motifs is 1. The molecule has 5 heteroatoms. The molecule has 1 aromatic heterocycles. The van der Waals surface area contributed by atoms with E-state index in [1.54, 1.807) is 11.0 Å². The Hall–Kier alpha value is -2.56. The molecule has 0 bridgehead atoms. The Bertz CT molecular complexity index is 799. The molecule has 1 aromatic carbocycles. The fourth-order valence-corrected chi connectivity index (χ4v) is 4.13. The molecule has 4 rings (SSSR count). The predicted octanol–water partition coefficient (Wildman–Crippen LogP) is 3.67. The molecule has 0 unspecified atom stereocenters. The van der Waals surface area contributed by atoms with Crippen molar-refractivity contribution >= 4 is 17.5 Å². The molecule has 2 amide bonds. The van der Waals surface area contributed by atoms with Crippen molar-refractivity contribution in [3.8, 4) is 0 Å². The van der Waals surface area contributed by atoms with Gasteiger partial charge in [-0.1, -0.05) is 25.1 Å². The van der Waals surface area contributed by atoms with E-state index in [0.29, 0.717) is 24.6 Å². The number of rotatable bonds is 2. The Morgan fingerprint density at radius 1 is 1.12 bits per heavy atom. The molecule has 1 saturated heterocycles. The number of nitrogens with zero attached hydrogens (tertiary/aromatic N) is 2. The predicted molar refractivity (Wildman–Crippen MR) is 99.2 cm³/mol. The number of carbonyl (C=O) groups excluding carboxylic acids is 2. The summed E-state index contributed by atoms with van der Waals surface area (Å²) >= 11 is 0. The summed E-state index contributed by atoms with van der Waals surface area (Å²) < 4.78 is 5.02. The number of likely N-dealkylation sites (tertiary alicyclic amines) is 1. The molecule has 2 aliphatic rings. The Morgan fingerprint density at radius 2 is 1.96 bits per heavy atom. The van der Waals surface area contributed by atoms with Crippen LogP contribution in [-0.2, 0) is 4.79 Å². The second kappa shape index (κ2) is 6.98. The van der Waals surface area contributed by atoms with Crippen LogP contribution in [0.4, 0.5) is 5.69 Å². The van der Waals surface area contributed by atoms with E-state index >= 15 is 0 Å². The van der Waals surface area contributed by atoms with Gasteiger partial charge in [0.1, 0.15) is 6.26 Å². The minimum Gasteiger partial charge on any atom is -0.472 e. The molecule has 0 aliphatic carbocycles. The van der Waals surface area contributed by atoms with Crippen molar-refractivity contribution < 1.29 is 14.0 Å². The van der Waals surface area contributed by atoms with Crippen LogP contribution in [0.5, 0.6) is 0 Å². The molecule has 5 nitrogen and oxygen atoms in total. The Morgan fingerprint density at radius 3 is 2.77 bits per heavy atom. The summed E-state index contributed by atoms with van der Waals surface area (Å²) in [6.07, 6.45) is 5.64. The highest BCUT2D eigenvalue weighted by Crippen LogP contribution is 2.36.